The first-order chi connectivity index (χ1) is 8.29. The van der Waals surface area contributed by atoms with Crippen LogP contribution in [0, 0.1) is 0 Å². The van der Waals surface area contributed by atoms with Gasteiger partial charge in [-0.1, -0.05) is 0 Å². The summed E-state index contributed by atoms with van der Waals surface area (Å²) >= 11 is 0. The normalized spacial score (nSPS) is 29.6. The Bertz CT molecular complexity index is 252. The van der Waals surface area contributed by atoms with Gasteiger partial charge in [0.2, 0.25) is 5.91 Å². The molecule has 4 nitrogen and oxygen atoms in total. The lowest BCUT2D eigenvalue weighted by Gasteiger charge is -2.29. The number of nitrogens with zero attached hydrogens (tertiary/aromatic N) is 1. The molecule has 17 heavy (non-hydrogen) atoms. The van der Waals surface area contributed by atoms with E-state index in [-0.39, 0.29) is 5.91 Å². The number of methoxy groups -OCH3 is 1. The predicted octanol–water partition coefficient (Wildman–Crippen LogP) is 1.16. The van der Waals surface area contributed by atoms with Crippen molar-refractivity contribution in [2.45, 2.75) is 50.7 Å². The van der Waals surface area contributed by atoms with Gasteiger partial charge in [-0.25, -0.2) is 0 Å². The quantitative estimate of drug-likeness (QED) is 0.801. The van der Waals surface area contributed by atoms with Gasteiger partial charge in [0.25, 0.3) is 0 Å². The van der Waals surface area contributed by atoms with Crippen LogP contribution in [0.2, 0.25) is 0 Å². The average Bonchev–Trinajstić information content (AvgIpc) is 2.90. The van der Waals surface area contributed by atoms with Crippen LogP contribution >= 0.6 is 0 Å². The highest BCUT2D eigenvalue weighted by molar-refractivity contribution is 5.78. The summed E-state index contributed by atoms with van der Waals surface area (Å²) in [5.41, 5.74) is 0. The highest BCUT2D eigenvalue weighted by atomic mass is 16.5. The predicted molar refractivity (Wildman–Crippen MR) is 66.9 cm³/mol. The van der Waals surface area contributed by atoms with Crippen molar-refractivity contribution < 1.29 is 9.53 Å². The maximum Gasteiger partial charge on any atom is 0.236 e. The molecule has 2 aliphatic rings. The smallest absolute Gasteiger partial charge is 0.236 e. The SMILES string of the molecule is COC1CCCC(NCC(=O)N2CCCC2)C1. The summed E-state index contributed by atoms with van der Waals surface area (Å²) in [6.45, 7) is 2.40. The minimum Gasteiger partial charge on any atom is -0.381 e. The molecular formula is C13H24N2O2. The van der Waals surface area contributed by atoms with E-state index in [9.17, 15) is 4.79 Å². The van der Waals surface area contributed by atoms with E-state index in [2.05, 4.69) is 5.32 Å². The third kappa shape index (κ3) is 3.68. The first-order valence-corrected chi connectivity index (χ1v) is 6.83. The summed E-state index contributed by atoms with van der Waals surface area (Å²) in [5, 5.41) is 3.39. The van der Waals surface area contributed by atoms with E-state index in [4.69, 9.17) is 4.74 Å². The monoisotopic (exact) mass is 240 g/mol. The largest absolute Gasteiger partial charge is 0.381 e. The van der Waals surface area contributed by atoms with E-state index in [0.29, 0.717) is 18.7 Å². The van der Waals surface area contributed by atoms with Crippen LogP contribution in [-0.2, 0) is 9.53 Å². The molecule has 1 N–H and O–H groups in total. The van der Waals surface area contributed by atoms with Crippen molar-refractivity contribution in [1.29, 1.82) is 0 Å². The molecule has 0 radical (unpaired) electrons. The zero-order valence-electron chi connectivity index (χ0n) is 10.8. The van der Waals surface area contributed by atoms with Crippen molar-refractivity contribution in [2.24, 2.45) is 0 Å². The second-order valence-electron chi connectivity index (χ2n) is 5.19. The van der Waals surface area contributed by atoms with Crippen LogP contribution in [0.15, 0.2) is 0 Å². The van der Waals surface area contributed by atoms with Gasteiger partial charge < -0.3 is 15.0 Å². The molecule has 0 aromatic carbocycles. The van der Waals surface area contributed by atoms with Crippen LogP contribution in [-0.4, -0.2) is 49.7 Å². The number of hydrogen-bond donors (Lipinski definition) is 1. The van der Waals surface area contributed by atoms with Crippen molar-refractivity contribution in [3.8, 4) is 0 Å². The van der Waals surface area contributed by atoms with Gasteiger partial charge in [0, 0.05) is 26.2 Å². The molecule has 4 heteroatoms. The Balaban J connectivity index is 1.68. The lowest BCUT2D eigenvalue weighted by molar-refractivity contribution is -0.129. The third-order valence-electron chi connectivity index (χ3n) is 3.96. The summed E-state index contributed by atoms with van der Waals surface area (Å²) in [6, 6.07) is 0.459. The van der Waals surface area contributed by atoms with Gasteiger partial charge in [-0.15, -0.1) is 0 Å². The van der Waals surface area contributed by atoms with E-state index in [1.165, 1.54) is 25.7 Å². The van der Waals surface area contributed by atoms with Crippen LogP contribution < -0.4 is 5.32 Å². The van der Waals surface area contributed by atoms with Gasteiger partial charge in [-0.2, -0.15) is 0 Å². The van der Waals surface area contributed by atoms with Crippen LogP contribution in [0.1, 0.15) is 38.5 Å². The fourth-order valence-corrected chi connectivity index (χ4v) is 2.85. The highest BCUT2D eigenvalue weighted by Gasteiger charge is 2.23. The topological polar surface area (TPSA) is 41.6 Å². The second kappa shape index (κ2) is 6.36. The molecule has 1 amide bonds. The lowest BCUT2D eigenvalue weighted by Crippen LogP contribution is -2.43. The number of amides is 1. The molecule has 0 aromatic heterocycles. The number of hydrogen-bond acceptors (Lipinski definition) is 3. The minimum absolute atomic E-state index is 0.266. The number of carbonyl (C=O) groups excluding carboxylic acids is 1. The van der Waals surface area contributed by atoms with Crippen LogP contribution in [0.3, 0.4) is 0 Å². The molecule has 1 aliphatic carbocycles. The fraction of sp³-hybridized carbons (Fsp3) is 0.923. The molecule has 1 aliphatic heterocycles. The Kier molecular flexibility index (Phi) is 4.80. The van der Waals surface area contributed by atoms with E-state index in [0.717, 1.165) is 25.9 Å². The zero-order chi connectivity index (χ0) is 12.1. The summed E-state index contributed by atoms with van der Waals surface area (Å²) in [6.07, 6.45) is 7.30. The number of ether oxygens (including phenoxy) is 1. The van der Waals surface area contributed by atoms with E-state index < -0.39 is 0 Å². The van der Waals surface area contributed by atoms with Crippen LogP contribution in [0.4, 0.5) is 0 Å². The third-order valence-corrected chi connectivity index (χ3v) is 3.96. The molecular weight excluding hydrogens is 216 g/mol. The van der Waals surface area contributed by atoms with Crippen molar-refractivity contribution in [1.82, 2.24) is 10.2 Å². The molecule has 0 bridgehead atoms. The van der Waals surface area contributed by atoms with Crippen molar-refractivity contribution in [3.63, 3.8) is 0 Å². The van der Waals surface area contributed by atoms with E-state index >= 15 is 0 Å². The molecule has 2 fully saturated rings. The zero-order valence-corrected chi connectivity index (χ0v) is 10.8. The Morgan fingerprint density at radius 2 is 2.06 bits per heavy atom. The molecule has 0 aromatic rings. The maximum atomic E-state index is 11.9. The number of rotatable bonds is 4. The van der Waals surface area contributed by atoms with Gasteiger partial charge in [-0.05, 0) is 38.5 Å². The molecule has 2 rings (SSSR count). The number of carbonyl (C=O) groups is 1. The van der Waals surface area contributed by atoms with Crippen molar-refractivity contribution in [3.05, 3.63) is 0 Å². The maximum absolute atomic E-state index is 11.9. The van der Waals surface area contributed by atoms with E-state index in [1.807, 2.05) is 4.90 Å². The van der Waals surface area contributed by atoms with Crippen LogP contribution in [0.25, 0.3) is 0 Å². The molecule has 0 spiro atoms. The molecule has 2 unspecified atom stereocenters. The van der Waals surface area contributed by atoms with Crippen molar-refractivity contribution >= 4 is 5.91 Å². The molecule has 1 saturated carbocycles. The second-order valence-corrected chi connectivity index (χ2v) is 5.19. The summed E-state index contributed by atoms with van der Waals surface area (Å²) < 4.78 is 5.39. The van der Waals surface area contributed by atoms with Gasteiger partial charge in [0.15, 0.2) is 0 Å². The molecule has 98 valence electrons. The van der Waals surface area contributed by atoms with Gasteiger partial charge >= 0.3 is 0 Å². The highest BCUT2D eigenvalue weighted by Crippen LogP contribution is 2.20. The first kappa shape index (κ1) is 12.8. The molecule has 1 heterocycles. The molecule has 2 atom stereocenters. The lowest BCUT2D eigenvalue weighted by atomic mass is 9.93. The Morgan fingerprint density at radius 1 is 1.29 bits per heavy atom. The average molecular weight is 240 g/mol. The fourth-order valence-electron chi connectivity index (χ4n) is 2.85. The summed E-state index contributed by atoms with van der Waals surface area (Å²) in [5.74, 6) is 0.266. The van der Waals surface area contributed by atoms with Crippen LogP contribution in [0.5, 0.6) is 0 Å². The standard InChI is InChI=1S/C13H24N2O2/c1-17-12-6-4-5-11(9-12)14-10-13(16)15-7-2-3-8-15/h11-12,14H,2-10H2,1H3. The Labute approximate surface area is 104 Å². The van der Waals surface area contributed by atoms with Gasteiger partial charge in [0.05, 0.1) is 12.6 Å². The Hall–Kier alpha value is -0.610. The van der Waals surface area contributed by atoms with Gasteiger partial charge in [-0.3, -0.25) is 4.79 Å². The van der Waals surface area contributed by atoms with Crippen molar-refractivity contribution in [2.75, 3.05) is 26.7 Å². The molecule has 1 saturated heterocycles. The number of likely N-dealkylation sites (tertiary alicyclic amines) is 1. The summed E-state index contributed by atoms with van der Waals surface area (Å²) in [7, 11) is 1.78. The summed E-state index contributed by atoms with van der Waals surface area (Å²) in [4.78, 5) is 13.8. The minimum atomic E-state index is 0.266. The van der Waals surface area contributed by atoms with E-state index in [1.54, 1.807) is 7.11 Å². The first-order valence-electron chi connectivity index (χ1n) is 6.83. The van der Waals surface area contributed by atoms with Gasteiger partial charge in [0.1, 0.15) is 0 Å². The number of nitrogens with one attached hydrogen (secondary N) is 1. The Morgan fingerprint density at radius 3 is 2.76 bits per heavy atom.